The van der Waals surface area contributed by atoms with Crippen LogP contribution in [0.25, 0.3) is 16.8 Å². The molecule has 1 saturated heterocycles. The van der Waals surface area contributed by atoms with Gasteiger partial charge in [-0.3, -0.25) is 4.68 Å². The monoisotopic (exact) mass is 397 g/mol. The number of fused-ring (bicyclic) bond motifs is 1. The van der Waals surface area contributed by atoms with Crippen LogP contribution in [0.5, 0.6) is 0 Å². The largest absolute Gasteiger partial charge is 0.444 e. The van der Waals surface area contributed by atoms with Crippen molar-refractivity contribution in [2.24, 2.45) is 7.05 Å². The summed E-state index contributed by atoms with van der Waals surface area (Å²) >= 11 is 0. The Morgan fingerprint density at radius 2 is 2.10 bits per heavy atom. The van der Waals surface area contributed by atoms with E-state index in [0.717, 1.165) is 42.0 Å². The van der Waals surface area contributed by atoms with Gasteiger partial charge in [-0.05, 0) is 39.7 Å². The maximum atomic E-state index is 12.2. The molecule has 0 spiro atoms. The molecule has 9 nitrogen and oxygen atoms in total. The normalized spacial score (nSPS) is 17.5. The predicted octanol–water partition coefficient (Wildman–Crippen LogP) is 2.62. The molecule has 1 aliphatic rings. The molecule has 9 heteroatoms. The summed E-state index contributed by atoms with van der Waals surface area (Å²) in [6.45, 7) is 7.14. The number of aryl methyl sites for hydroxylation is 1. The molecule has 1 unspecified atom stereocenters. The standard InChI is InChI=1S/C20H27N7O2/c1-20(2,3)29-19(28)23-15-6-5-9-26(12-15)18-17-7-8-21-27(17)13-16(24-18)14-10-22-25(4)11-14/h7-8,10-11,13,15H,5-6,9,12H2,1-4H3,(H,23,28). The molecule has 4 rings (SSSR count). The maximum Gasteiger partial charge on any atom is 0.407 e. The maximum absolute atomic E-state index is 12.2. The number of alkyl carbamates (subject to hydrolysis) is 1. The summed E-state index contributed by atoms with van der Waals surface area (Å²) in [6, 6.07) is 1.96. The number of hydrogen-bond donors (Lipinski definition) is 1. The third-order valence-corrected chi connectivity index (χ3v) is 4.81. The summed E-state index contributed by atoms with van der Waals surface area (Å²) in [5.41, 5.74) is 2.18. The van der Waals surface area contributed by atoms with E-state index >= 15 is 0 Å². The smallest absolute Gasteiger partial charge is 0.407 e. The van der Waals surface area contributed by atoms with Gasteiger partial charge in [-0.2, -0.15) is 10.2 Å². The Morgan fingerprint density at radius 3 is 2.83 bits per heavy atom. The van der Waals surface area contributed by atoms with E-state index in [1.54, 1.807) is 17.1 Å². The van der Waals surface area contributed by atoms with Crippen LogP contribution in [0.15, 0.2) is 30.9 Å². The number of nitrogens with one attached hydrogen (secondary N) is 1. The Kier molecular flexibility index (Phi) is 4.89. The molecular weight excluding hydrogens is 370 g/mol. The molecule has 0 aromatic carbocycles. The van der Waals surface area contributed by atoms with Gasteiger partial charge in [0.05, 0.1) is 24.3 Å². The molecule has 0 aliphatic carbocycles. The van der Waals surface area contributed by atoms with Crippen molar-refractivity contribution < 1.29 is 9.53 Å². The fraction of sp³-hybridized carbons (Fsp3) is 0.500. The minimum absolute atomic E-state index is 0.00502. The van der Waals surface area contributed by atoms with Crippen LogP contribution in [0.4, 0.5) is 10.6 Å². The Bertz CT molecular complexity index is 1020. The Labute approximate surface area is 169 Å². The SMILES string of the molecule is Cn1cc(-c2cn3nccc3c(N3CCCC(NC(=O)OC(C)(C)C)C3)n2)cn1. The lowest BCUT2D eigenvalue weighted by Gasteiger charge is -2.34. The highest BCUT2D eigenvalue weighted by molar-refractivity contribution is 5.73. The molecule has 0 bridgehead atoms. The highest BCUT2D eigenvalue weighted by Gasteiger charge is 2.26. The number of ether oxygens (including phenoxy) is 1. The lowest BCUT2D eigenvalue weighted by atomic mass is 10.1. The fourth-order valence-electron chi connectivity index (χ4n) is 3.60. The van der Waals surface area contributed by atoms with Gasteiger partial charge < -0.3 is 15.0 Å². The van der Waals surface area contributed by atoms with Crippen molar-refractivity contribution in [2.45, 2.75) is 45.3 Å². The number of hydrogen-bond acceptors (Lipinski definition) is 6. The minimum Gasteiger partial charge on any atom is -0.444 e. The summed E-state index contributed by atoms with van der Waals surface area (Å²) in [7, 11) is 1.88. The van der Waals surface area contributed by atoms with Gasteiger partial charge in [0.1, 0.15) is 11.1 Å². The van der Waals surface area contributed by atoms with Gasteiger partial charge in [0.15, 0.2) is 5.82 Å². The van der Waals surface area contributed by atoms with Gasteiger partial charge in [0.2, 0.25) is 0 Å². The summed E-state index contributed by atoms with van der Waals surface area (Å²) < 4.78 is 9.01. The molecule has 1 fully saturated rings. The van der Waals surface area contributed by atoms with Crippen molar-refractivity contribution in [3.8, 4) is 11.3 Å². The average Bonchev–Trinajstić information content (AvgIpc) is 3.28. The van der Waals surface area contributed by atoms with E-state index in [1.165, 1.54) is 0 Å². The Balaban J connectivity index is 1.58. The molecule has 1 aliphatic heterocycles. The molecular formula is C20H27N7O2. The summed E-state index contributed by atoms with van der Waals surface area (Å²) in [4.78, 5) is 19.3. The molecule has 29 heavy (non-hydrogen) atoms. The van der Waals surface area contributed by atoms with Crippen LogP contribution >= 0.6 is 0 Å². The van der Waals surface area contributed by atoms with Gasteiger partial charge >= 0.3 is 6.09 Å². The van der Waals surface area contributed by atoms with E-state index in [2.05, 4.69) is 20.4 Å². The van der Waals surface area contributed by atoms with E-state index in [-0.39, 0.29) is 12.1 Å². The van der Waals surface area contributed by atoms with Crippen LogP contribution in [0.1, 0.15) is 33.6 Å². The van der Waals surface area contributed by atoms with Crippen molar-refractivity contribution in [2.75, 3.05) is 18.0 Å². The number of piperidine rings is 1. The Hall–Kier alpha value is -3.10. The second kappa shape index (κ2) is 7.38. The van der Waals surface area contributed by atoms with Crippen LogP contribution in [0, 0.1) is 0 Å². The lowest BCUT2D eigenvalue weighted by molar-refractivity contribution is 0.0500. The second-order valence-electron chi connectivity index (χ2n) is 8.44. The number of anilines is 1. The second-order valence-corrected chi connectivity index (χ2v) is 8.44. The number of carbonyl (C=O) groups is 1. The predicted molar refractivity (Wildman–Crippen MR) is 110 cm³/mol. The zero-order valence-corrected chi connectivity index (χ0v) is 17.3. The fourth-order valence-corrected chi connectivity index (χ4v) is 3.60. The lowest BCUT2D eigenvalue weighted by Crippen LogP contribution is -2.49. The van der Waals surface area contributed by atoms with E-state index < -0.39 is 5.60 Å². The highest BCUT2D eigenvalue weighted by Crippen LogP contribution is 2.27. The quantitative estimate of drug-likeness (QED) is 0.731. The van der Waals surface area contributed by atoms with E-state index in [9.17, 15) is 4.79 Å². The first-order valence-electron chi connectivity index (χ1n) is 9.86. The van der Waals surface area contributed by atoms with Gasteiger partial charge in [-0.1, -0.05) is 0 Å². The average molecular weight is 397 g/mol. The van der Waals surface area contributed by atoms with Crippen molar-refractivity contribution >= 4 is 17.4 Å². The van der Waals surface area contributed by atoms with Gasteiger partial charge in [0, 0.05) is 37.9 Å². The van der Waals surface area contributed by atoms with Crippen LogP contribution < -0.4 is 10.2 Å². The van der Waals surface area contributed by atoms with Crippen LogP contribution in [-0.2, 0) is 11.8 Å². The molecule has 1 atom stereocenters. The van der Waals surface area contributed by atoms with Gasteiger partial charge in [-0.15, -0.1) is 0 Å². The number of rotatable bonds is 3. The highest BCUT2D eigenvalue weighted by atomic mass is 16.6. The first-order valence-corrected chi connectivity index (χ1v) is 9.86. The van der Waals surface area contributed by atoms with Crippen LogP contribution in [0.2, 0.25) is 0 Å². The molecule has 154 valence electrons. The van der Waals surface area contributed by atoms with Gasteiger partial charge in [-0.25, -0.2) is 14.3 Å². The van der Waals surface area contributed by atoms with Crippen LogP contribution in [-0.4, -0.2) is 55.2 Å². The van der Waals surface area contributed by atoms with Crippen molar-refractivity contribution in [1.29, 1.82) is 0 Å². The molecule has 1 amide bonds. The Morgan fingerprint density at radius 1 is 1.28 bits per heavy atom. The summed E-state index contributed by atoms with van der Waals surface area (Å²) in [5, 5.41) is 11.7. The zero-order valence-electron chi connectivity index (χ0n) is 17.3. The molecule has 0 saturated carbocycles. The summed E-state index contributed by atoms with van der Waals surface area (Å²) in [5.74, 6) is 0.861. The number of amides is 1. The molecule has 3 aromatic rings. The molecule has 0 radical (unpaired) electrons. The minimum atomic E-state index is -0.512. The molecule has 1 N–H and O–H groups in total. The number of nitrogens with zero attached hydrogens (tertiary/aromatic N) is 6. The number of carbonyl (C=O) groups excluding carboxylic acids is 1. The van der Waals surface area contributed by atoms with Crippen molar-refractivity contribution in [3.63, 3.8) is 0 Å². The van der Waals surface area contributed by atoms with E-state index in [1.807, 2.05) is 50.8 Å². The zero-order chi connectivity index (χ0) is 20.6. The molecule has 3 aromatic heterocycles. The van der Waals surface area contributed by atoms with E-state index in [0.29, 0.717) is 6.54 Å². The first kappa shape index (κ1) is 19.2. The topological polar surface area (TPSA) is 89.6 Å². The number of aromatic nitrogens is 5. The third kappa shape index (κ3) is 4.33. The third-order valence-electron chi connectivity index (χ3n) is 4.81. The molecule has 4 heterocycles. The van der Waals surface area contributed by atoms with Gasteiger partial charge in [0.25, 0.3) is 0 Å². The van der Waals surface area contributed by atoms with Crippen molar-refractivity contribution in [3.05, 3.63) is 30.9 Å². The van der Waals surface area contributed by atoms with Crippen LogP contribution in [0.3, 0.4) is 0 Å². The van der Waals surface area contributed by atoms with Crippen molar-refractivity contribution in [1.82, 2.24) is 29.7 Å². The first-order chi connectivity index (χ1) is 13.8. The van der Waals surface area contributed by atoms with E-state index in [4.69, 9.17) is 9.72 Å². The summed E-state index contributed by atoms with van der Waals surface area (Å²) in [6.07, 6.45) is 8.91.